The first-order valence-corrected chi connectivity index (χ1v) is 4.50. The summed E-state index contributed by atoms with van der Waals surface area (Å²) in [4.78, 5) is 10.6. The number of aliphatic carboxylic acids is 1. The maximum atomic E-state index is 10.6. The Bertz CT molecular complexity index is 171. The highest BCUT2D eigenvalue weighted by atomic mass is 16.4. The highest BCUT2D eigenvalue weighted by Crippen LogP contribution is 2.37. The second kappa shape index (κ2) is 3.44. The van der Waals surface area contributed by atoms with Crippen LogP contribution in [0.5, 0.6) is 0 Å². The van der Waals surface area contributed by atoms with Gasteiger partial charge in [0.05, 0.1) is 5.92 Å². The highest BCUT2D eigenvalue weighted by molar-refractivity contribution is 5.70. The molecule has 0 bridgehead atoms. The van der Waals surface area contributed by atoms with E-state index in [1.165, 1.54) is 0 Å². The van der Waals surface area contributed by atoms with Gasteiger partial charge in [-0.2, -0.15) is 0 Å². The number of nitrogens with two attached hydrogens (primary N) is 1. The standard InChI is InChI=1S/C9H17NO2/c1-9(6-10)4-2-7(3-5-9)8(11)12/h7H,2-6,10H2,1H3,(H,11,12). The zero-order chi connectivity index (χ0) is 9.19. The van der Waals surface area contributed by atoms with Crippen molar-refractivity contribution in [2.24, 2.45) is 17.1 Å². The topological polar surface area (TPSA) is 63.3 Å². The number of carbonyl (C=O) groups is 1. The van der Waals surface area contributed by atoms with Crippen LogP contribution in [0.1, 0.15) is 32.6 Å². The fourth-order valence-electron chi connectivity index (χ4n) is 1.77. The Kier molecular flexibility index (Phi) is 2.73. The quantitative estimate of drug-likeness (QED) is 0.656. The van der Waals surface area contributed by atoms with E-state index in [0.29, 0.717) is 6.54 Å². The van der Waals surface area contributed by atoms with E-state index in [2.05, 4.69) is 6.92 Å². The van der Waals surface area contributed by atoms with E-state index in [-0.39, 0.29) is 11.3 Å². The van der Waals surface area contributed by atoms with Crippen molar-refractivity contribution in [1.82, 2.24) is 0 Å². The van der Waals surface area contributed by atoms with Gasteiger partial charge in [-0.1, -0.05) is 6.92 Å². The maximum Gasteiger partial charge on any atom is 0.306 e. The first-order valence-electron chi connectivity index (χ1n) is 4.50. The number of hydrogen-bond acceptors (Lipinski definition) is 2. The Morgan fingerprint density at radius 3 is 2.42 bits per heavy atom. The SMILES string of the molecule is CC1(CN)CCC(C(=O)O)CC1. The van der Waals surface area contributed by atoms with Crippen LogP contribution in [0.4, 0.5) is 0 Å². The predicted molar refractivity (Wildman–Crippen MR) is 46.8 cm³/mol. The molecule has 3 N–H and O–H groups in total. The number of carboxylic acid groups (broad SMARTS) is 1. The summed E-state index contributed by atoms with van der Waals surface area (Å²) in [6.45, 7) is 2.82. The molecule has 3 heteroatoms. The first-order chi connectivity index (χ1) is 5.57. The Labute approximate surface area is 72.9 Å². The average Bonchev–Trinajstić information content (AvgIpc) is 2.05. The molecule has 0 heterocycles. The molecule has 1 saturated carbocycles. The zero-order valence-electron chi connectivity index (χ0n) is 7.55. The van der Waals surface area contributed by atoms with E-state index >= 15 is 0 Å². The van der Waals surface area contributed by atoms with E-state index in [1.54, 1.807) is 0 Å². The molecule has 1 aliphatic rings. The summed E-state index contributed by atoms with van der Waals surface area (Å²) in [6, 6.07) is 0. The molecule has 1 rings (SSSR count). The fourth-order valence-corrected chi connectivity index (χ4v) is 1.77. The third kappa shape index (κ3) is 1.97. The monoisotopic (exact) mass is 171 g/mol. The van der Waals surface area contributed by atoms with Gasteiger partial charge in [0.15, 0.2) is 0 Å². The molecule has 1 aliphatic carbocycles. The fraction of sp³-hybridized carbons (Fsp3) is 0.889. The number of carboxylic acids is 1. The van der Waals surface area contributed by atoms with E-state index in [9.17, 15) is 4.79 Å². The summed E-state index contributed by atoms with van der Waals surface area (Å²) in [5, 5.41) is 8.75. The van der Waals surface area contributed by atoms with Crippen LogP contribution in [0.25, 0.3) is 0 Å². The normalized spacial score (nSPS) is 36.3. The van der Waals surface area contributed by atoms with Gasteiger partial charge in [-0.05, 0) is 37.6 Å². The van der Waals surface area contributed by atoms with Crippen molar-refractivity contribution >= 4 is 5.97 Å². The average molecular weight is 171 g/mol. The first kappa shape index (κ1) is 9.52. The second-order valence-electron chi connectivity index (χ2n) is 4.13. The summed E-state index contributed by atoms with van der Waals surface area (Å²) in [6.07, 6.45) is 3.51. The molecule has 0 aromatic carbocycles. The van der Waals surface area contributed by atoms with E-state index in [4.69, 9.17) is 10.8 Å². The summed E-state index contributed by atoms with van der Waals surface area (Å²) in [5.41, 5.74) is 5.81. The van der Waals surface area contributed by atoms with Gasteiger partial charge < -0.3 is 10.8 Å². The minimum absolute atomic E-state index is 0.121. The van der Waals surface area contributed by atoms with Gasteiger partial charge in [-0.15, -0.1) is 0 Å². The summed E-state index contributed by atoms with van der Waals surface area (Å²) >= 11 is 0. The van der Waals surface area contributed by atoms with E-state index in [1.807, 2.05) is 0 Å². The van der Waals surface area contributed by atoms with Crippen LogP contribution < -0.4 is 5.73 Å². The van der Waals surface area contributed by atoms with Crippen LogP contribution >= 0.6 is 0 Å². The minimum atomic E-state index is -0.644. The van der Waals surface area contributed by atoms with Crippen LogP contribution in [0, 0.1) is 11.3 Å². The molecule has 1 fully saturated rings. The Balaban J connectivity index is 2.44. The molecular formula is C9H17NO2. The van der Waals surface area contributed by atoms with Crippen molar-refractivity contribution in [1.29, 1.82) is 0 Å². The van der Waals surface area contributed by atoms with Gasteiger partial charge in [0.25, 0.3) is 0 Å². The van der Waals surface area contributed by atoms with Crippen LogP contribution in [0.2, 0.25) is 0 Å². The molecule has 0 aromatic rings. The van der Waals surface area contributed by atoms with E-state index < -0.39 is 5.97 Å². The lowest BCUT2D eigenvalue weighted by Gasteiger charge is -2.34. The Morgan fingerprint density at radius 1 is 1.58 bits per heavy atom. The van der Waals surface area contributed by atoms with Crippen molar-refractivity contribution in [2.45, 2.75) is 32.6 Å². The number of rotatable bonds is 2. The van der Waals surface area contributed by atoms with Crippen molar-refractivity contribution in [2.75, 3.05) is 6.54 Å². The molecule has 0 aliphatic heterocycles. The van der Waals surface area contributed by atoms with Gasteiger partial charge in [0.2, 0.25) is 0 Å². The largest absolute Gasteiger partial charge is 0.481 e. The molecule has 0 aromatic heterocycles. The molecule has 3 nitrogen and oxygen atoms in total. The molecule has 0 spiro atoms. The van der Waals surface area contributed by atoms with Gasteiger partial charge >= 0.3 is 5.97 Å². The molecule has 12 heavy (non-hydrogen) atoms. The maximum absolute atomic E-state index is 10.6. The lowest BCUT2D eigenvalue weighted by Crippen LogP contribution is -2.33. The summed E-state index contributed by atoms with van der Waals surface area (Å²) in [5.74, 6) is -0.765. The molecule has 0 unspecified atom stereocenters. The smallest absolute Gasteiger partial charge is 0.306 e. The zero-order valence-corrected chi connectivity index (χ0v) is 7.55. The lowest BCUT2D eigenvalue weighted by atomic mass is 9.72. The van der Waals surface area contributed by atoms with Crippen LogP contribution in [0.3, 0.4) is 0 Å². The molecule has 0 radical (unpaired) electrons. The van der Waals surface area contributed by atoms with Crippen molar-refractivity contribution < 1.29 is 9.90 Å². The van der Waals surface area contributed by atoms with Gasteiger partial charge in [0.1, 0.15) is 0 Å². The third-order valence-corrected chi connectivity index (χ3v) is 3.03. The van der Waals surface area contributed by atoms with Crippen LogP contribution in [0.15, 0.2) is 0 Å². The van der Waals surface area contributed by atoms with E-state index in [0.717, 1.165) is 25.7 Å². The van der Waals surface area contributed by atoms with Gasteiger partial charge in [-0.25, -0.2) is 0 Å². The summed E-state index contributed by atoms with van der Waals surface area (Å²) < 4.78 is 0. The second-order valence-corrected chi connectivity index (χ2v) is 4.13. The molecule has 70 valence electrons. The Hall–Kier alpha value is -0.570. The molecule has 0 atom stereocenters. The lowest BCUT2D eigenvalue weighted by molar-refractivity contribution is -0.143. The van der Waals surface area contributed by atoms with Crippen LogP contribution in [-0.4, -0.2) is 17.6 Å². The predicted octanol–water partition coefficient (Wildman–Crippen LogP) is 1.23. The summed E-state index contributed by atoms with van der Waals surface area (Å²) in [7, 11) is 0. The van der Waals surface area contributed by atoms with Crippen molar-refractivity contribution in [3.63, 3.8) is 0 Å². The number of hydrogen-bond donors (Lipinski definition) is 2. The van der Waals surface area contributed by atoms with Crippen molar-refractivity contribution in [3.05, 3.63) is 0 Å². The third-order valence-electron chi connectivity index (χ3n) is 3.03. The van der Waals surface area contributed by atoms with Gasteiger partial charge in [-0.3, -0.25) is 4.79 Å². The Morgan fingerprint density at radius 2 is 2.08 bits per heavy atom. The molecular weight excluding hydrogens is 154 g/mol. The van der Waals surface area contributed by atoms with Gasteiger partial charge in [0, 0.05) is 0 Å². The molecule has 0 amide bonds. The van der Waals surface area contributed by atoms with Crippen molar-refractivity contribution in [3.8, 4) is 0 Å². The highest BCUT2D eigenvalue weighted by Gasteiger charge is 2.32. The minimum Gasteiger partial charge on any atom is -0.481 e. The molecule has 0 saturated heterocycles. The van der Waals surface area contributed by atoms with Crippen LogP contribution in [-0.2, 0) is 4.79 Å².